The lowest BCUT2D eigenvalue weighted by atomic mass is 9.84. The van der Waals surface area contributed by atoms with Gasteiger partial charge in [-0.05, 0) is 31.1 Å². The monoisotopic (exact) mass is 262 g/mol. The summed E-state index contributed by atoms with van der Waals surface area (Å²) in [4.78, 5) is 0. The van der Waals surface area contributed by atoms with Gasteiger partial charge in [-0.3, -0.25) is 0 Å². The van der Waals surface area contributed by atoms with Crippen molar-refractivity contribution in [3.63, 3.8) is 0 Å². The number of hydrogen-bond donors (Lipinski definition) is 1. The zero-order valence-corrected chi connectivity index (χ0v) is 12.5. The summed E-state index contributed by atoms with van der Waals surface area (Å²) in [6.45, 7) is 4.48. The topological polar surface area (TPSA) is 20.2 Å². The normalized spacial score (nSPS) is 19.1. The summed E-state index contributed by atoms with van der Waals surface area (Å²) >= 11 is 0. The van der Waals surface area contributed by atoms with Gasteiger partial charge in [0.05, 0.1) is 6.10 Å². The fourth-order valence-corrected chi connectivity index (χ4v) is 3.03. The predicted octanol–water partition coefficient (Wildman–Crippen LogP) is 4.96. The second-order valence-electron chi connectivity index (χ2n) is 5.65. The summed E-state index contributed by atoms with van der Waals surface area (Å²) < 4.78 is 0. The third-order valence-electron chi connectivity index (χ3n) is 4.39. The van der Waals surface area contributed by atoms with Crippen molar-refractivity contribution in [3.05, 3.63) is 0 Å². The average molecular weight is 263 g/mol. The van der Waals surface area contributed by atoms with Crippen LogP contribution in [0.3, 0.4) is 0 Å². The molecule has 0 spiro atoms. The van der Waals surface area contributed by atoms with Crippen LogP contribution in [0.15, 0.2) is 0 Å². The average Bonchev–Trinajstić information content (AvgIpc) is 2.34. The second kappa shape index (κ2) is 10.2. The molecule has 0 radical (unpaired) electrons. The van der Waals surface area contributed by atoms with Gasteiger partial charge in [0.1, 0.15) is 0 Å². The molecule has 1 aliphatic carbocycles. The zero-order valence-electron chi connectivity index (χ0n) is 11.7. The van der Waals surface area contributed by atoms with Crippen molar-refractivity contribution in [1.29, 1.82) is 0 Å². The maximum absolute atomic E-state index is 10.0. The maximum Gasteiger partial charge on any atom is 0.0543 e. The van der Waals surface area contributed by atoms with Crippen molar-refractivity contribution in [2.75, 3.05) is 0 Å². The fourth-order valence-electron chi connectivity index (χ4n) is 3.03. The molecule has 1 atom stereocenters. The summed E-state index contributed by atoms with van der Waals surface area (Å²) in [7, 11) is 0. The zero-order chi connectivity index (χ0) is 11.8. The molecule has 1 fully saturated rings. The first-order valence-electron chi connectivity index (χ1n) is 7.44. The Morgan fingerprint density at radius 1 is 1.06 bits per heavy atom. The maximum atomic E-state index is 10.0. The van der Waals surface area contributed by atoms with Crippen molar-refractivity contribution in [3.8, 4) is 0 Å². The van der Waals surface area contributed by atoms with E-state index in [1.807, 2.05) is 0 Å². The number of hydrogen-bond acceptors (Lipinski definition) is 1. The molecule has 2 heteroatoms. The Morgan fingerprint density at radius 3 is 2.18 bits per heavy atom. The first-order valence-corrected chi connectivity index (χ1v) is 7.44. The van der Waals surface area contributed by atoms with E-state index in [1.54, 1.807) is 0 Å². The fraction of sp³-hybridized carbons (Fsp3) is 1.00. The summed E-state index contributed by atoms with van der Waals surface area (Å²) in [5.41, 5.74) is 0. The lowest BCUT2D eigenvalue weighted by Gasteiger charge is -2.23. The summed E-state index contributed by atoms with van der Waals surface area (Å²) in [6.07, 6.45) is 12.9. The van der Waals surface area contributed by atoms with Crippen LogP contribution in [0.25, 0.3) is 0 Å². The molecule has 0 bridgehead atoms. The molecule has 0 amide bonds. The van der Waals surface area contributed by atoms with Crippen LogP contribution in [0.1, 0.15) is 78.1 Å². The minimum absolute atomic E-state index is 0. The highest BCUT2D eigenvalue weighted by Crippen LogP contribution is 2.28. The van der Waals surface area contributed by atoms with Crippen LogP contribution in [0, 0.1) is 11.8 Å². The first-order chi connectivity index (χ1) is 7.76. The lowest BCUT2D eigenvalue weighted by molar-refractivity contribution is 0.119. The quantitative estimate of drug-likeness (QED) is 0.688. The molecule has 104 valence electrons. The standard InChI is InChI=1S/C15H30O.ClH/c1-3-13(4-2)12-15(16)11-10-14-8-6-5-7-9-14;/h13-16H,3-12H2,1-2H3;1H. The molecule has 1 N–H and O–H groups in total. The van der Waals surface area contributed by atoms with E-state index in [4.69, 9.17) is 0 Å². The van der Waals surface area contributed by atoms with E-state index in [0.717, 1.165) is 24.7 Å². The highest BCUT2D eigenvalue weighted by molar-refractivity contribution is 5.85. The smallest absolute Gasteiger partial charge is 0.0543 e. The first kappa shape index (κ1) is 17.2. The minimum Gasteiger partial charge on any atom is -0.393 e. The van der Waals surface area contributed by atoms with Crippen LogP contribution >= 0.6 is 12.4 Å². The molecular formula is C15H31ClO. The molecule has 0 heterocycles. The van der Waals surface area contributed by atoms with E-state index in [1.165, 1.54) is 51.4 Å². The van der Waals surface area contributed by atoms with Gasteiger partial charge in [-0.1, -0.05) is 58.8 Å². The van der Waals surface area contributed by atoms with Gasteiger partial charge >= 0.3 is 0 Å². The Kier molecular flexibility index (Phi) is 10.3. The highest BCUT2D eigenvalue weighted by atomic mass is 35.5. The molecule has 17 heavy (non-hydrogen) atoms. The van der Waals surface area contributed by atoms with Crippen LogP contribution in [0.2, 0.25) is 0 Å². The van der Waals surface area contributed by atoms with Gasteiger partial charge in [-0.25, -0.2) is 0 Å². The van der Waals surface area contributed by atoms with Crippen molar-refractivity contribution in [1.82, 2.24) is 0 Å². The second-order valence-corrected chi connectivity index (χ2v) is 5.65. The molecule has 0 aromatic rings. The van der Waals surface area contributed by atoms with Gasteiger partial charge in [-0.15, -0.1) is 12.4 Å². The largest absolute Gasteiger partial charge is 0.393 e. The molecule has 0 aromatic carbocycles. The van der Waals surface area contributed by atoms with Gasteiger partial charge in [-0.2, -0.15) is 0 Å². The van der Waals surface area contributed by atoms with Crippen LogP contribution < -0.4 is 0 Å². The Bertz CT molecular complexity index is 162. The van der Waals surface area contributed by atoms with Gasteiger partial charge in [0.15, 0.2) is 0 Å². The molecule has 1 unspecified atom stereocenters. The van der Waals surface area contributed by atoms with Gasteiger partial charge in [0.25, 0.3) is 0 Å². The molecular weight excluding hydrogens is 232 g/mol. The van der Waals surface area contributed by atoms with Crippen molar-refractivity contribution < 1.29 is 5.11 Å². The molecule has 0 aliphatic heterocycles. The van der Waals surface area contributed by atoms with E-state index in [2.05, 4.69) is 13.8 Å². The van der Waals surface area contributed by atoms with E-state index >= 15 is 0 Å². The molecule has 1 saturated carbocycles. The van der Waals surface area contributed by atoms with Gasteiger partial charge in [0.2, 0.25) is 0 Å². The Morgan fingerprint density at radius 2 is 1.65 bits per heavy atom. The Labute approximate surface area is 114 Å². The number of aliphatic hydroxyl groups excluding tert-OH is 1. The number of rotatable bonds is 7. The minimum atomic E-state index is -0.0353. The van der Waals surface area contributed by atoms with Crippen LogP contribution in [-0.4, -0.2) is 11.2 Å². The van der Waals surface area contributed by atoms with Crippen LogP contribution in [0.5, 0.6) is 0 Å². The van der Waals surface area contributed by atoms with Gasteiger partial charge < -0.3 is 5.11 Å². The Hall–Kier alpha value is 0.250. The third kappa shape index (κ3) is 7.31. The predicted molar refractivity (Wildman–Crippen MR) is 77.8 cm³/mol. The van der Waals surface area contributed by atoms with E-state index in [9.17, 15) is 5.11 Å². The van der Waals surface area contributed by atoms with Crippen LogP contribution in [0.4, 0.5) is 0 Å². The Balaban J connectivity index is 0.00000256. The number of aliphatic hydroxyl groups is 1. The molecule has 1 nitrogen and oxygen atoms in total. The van der Waals surface area contributed by atoms with Crippen LogP contribution in [-0.2, 0) is 0 Å². The van der Waals surface area contributed by atoms with Crippen molar-refractivity contribution in [2.24, 2.45) is 11.8 Å². The highest BCUT2D eigenvalue weighted by Gasteiger charge is 2.16. The molecule has 0 aromatic heterocycles. The number of halogens is 1. The summed E-state index contributed by atoms with van der Waals surface area (Å²) in [6, 6.07) is 0. The third-order valence-corrected chi connectivity index (χ3v) is 4.39. The SMILES string of the molecule is CCC(CC)CC(O)CCC1CCCCC1.Cl. The lowest BCUT2D eigenvalue weighted by Crippen LogP contribution is -2.15. The van der Waals surface area contributed by atoms with Crippen molar-refractivity contribution >= 4 is 12.4 Å². The molecule has 1 aliphatic rings. The summed E-state index contributed by atoms with van der Waals surface area (Å²) in [5.74, 6) is 1.66. The van der Waals surface area contributed by atoms with Gasteiger partial charge in [0, 0.05) is 0 Å². The molecule has 0 saturated heterocycles. The van der Waals surface area contributed by atoms with Crippen molar-refractivity contribution in [2.45, 2.75) is 84.2 Å². The van der Waals surface area contributed by atoms with E-state index in [0.29, 0.717) is 0 Å². The van der Waals surface area contributed by atoms with E-state index < -0.39 is 0 Å². The molecule has 1 rings (SSSR count). The van der Waals surface area contributed by atoms with E-state index in [-0.39, 0.29) is 18.5 Å². The summed E-state index contributed by atoms with van der Waals surface area (Å²) in [5, 5.41) is 10.0.